The minimum absolute atomic E-state index is 0.0313. The van der Waals surface area contributed by atoms with Crippen LogP contribution < -0.4 is 10.2 Å². The molecule has 0 amide bonds. The van der Waals surface area contributed by atoms with Crippen molar-refractivity contribution in [1.82, 2.24) is 0 Å². The molecule has 0 radical (unpaired) electrons. The molecule has 16 heteroatoms. The summed E-state index contributed by atoms with van der Waals surface area (Å²) in [4.78, 5) is 13.6. The molecule has 2 fully saturated rings. The number of aliphatic hydroxyl groups excluding tert-OH is 6. The van der Waals surface area contributed by atoms with Gasteiger partial charge in [0, 0.05) is 17.7 Å². The van der Waals surface area contributed by atoms with Crippen molar-refractivity contribution >= 4 is 11.0 Å². The Morgan fingerprint density at radius 2 is 1.42 bits per heavy atom. The third-order valence-corrected chi connectivity index (χ3v) is 7.29. The van der Waals surface area contributed by atoms with E-state index in [0.717, 1.165) is 24.3 Å². The van der Waals surface area contributed by atoms with Gasteiger partial charge >= 0.3 is 0 Å². The Morgan fingerprint density at radius 1 is 0.744 bits per heavy atom. The summed E-state index contributed by atoms with van der Waals surface area (Å²) in [6.45, 7) is 0.818. The molecule has 0 saturated carbocycles. The maximum atomic E-state index is 13.6. The number of hydrogen-bond acceptors (Lipinski definition) is 16. The Hall–Kier alpha value is -3.71. The summed E-state index contributed by atoms with van der Waals surface area (Å²) in [5, 5.41) is 101. The zero-order valence-electron chi connectivity index (χ0n) is 22.3. The summed E-state index contributed by atoms with van der Waals surface area (Å²) in [6, 6.07) is 5.24. The molecule has 2 saturated heterocycles. The van der Waals surface area contributed by atoms with E-state index in [-0.39, 0.29) is 11.1 Å². The van der Waals surface area contributed by atoms with Crippen molar-refractivity contribution in [2.45, 2.75) is 68.3 Å². The molecule has 2 aliphatic heterocycles. The highest BCUT2D eigenvalue weighted by Crippen LogP contribution is 2.39. The second-order valence-corrected chi connectivity index (χ2v) is 10.3. The lowest BCUT2D eigenvalue weighted by molar-refractivity contribution is -0.318. The smallest absolute Gasteiger partial charge is 0.239 e. The monoisotopic (exact) mass is 610 g/mol. The lowest BCUT2D eigenvalue weighted by atomic mass is 9.98. The second-order valence-electron chi connectivity index (χ2n) is 10.3. The molecule has 2 aliphatic rings. The van der Waals surface area contributed by atoms with E-state index in [9.17, 15) is 55.9 Å². The highest BCUT2D eigenvalue weighted by molar-refractivity contribution is 5.88. The minimum Gasteiger partial charge on any atom is -0.508 e. The average molecular weight is 611 g/mol. The van der Waals surface area contributed by atoms with Crippen molar-refractivity contribution in [2.75, 3.05) is 6.61 Å². The standard InChI is InChI=1S/C27H30O16/c1-8-17(32)20(35)22(37)26(40-8)39-7-15-18(33)21(36)23(38)27(42-15)43-25-19(34)16-13(31)5-10(28)6-14(16)41-24(25)9-2-3-11(29)12(30)4-9/h2-6,8,15,17-18,20-23,26-33,35-38H,7H2,1H3/t8?,15?,17-,18+,20-,21+,22-,23?,26?,27-/m0/s1. The van der Waals surface area contributed by atoms with Gasteiger partial charge in [0.2, 0.25) is 17.5 Å². The zero-order valence-corrected chi connectivity index (χ0v) is 22.3. The van der Waals surface area contributed by atoms with Crippen LogP contribution in [0, 0.1) is 0 Å². The van der Waals surface area contributed by atoms with Crippen LogP contribution in [0.15, 0.2) is 39.5 Å². The molecule has 43 heavy (non-hydrogen) atoms. The van der Waals surface area contributed by atoms with Gasteiger partial charge < -0.3 is 74.4 Å². The van der Waals surface area contributed by atoms with Gasteiger partial charge in [-0.25, -0.2) is 0 Å². The average Bonchev–Trinajstić information content (AvgIpc) is 2.96. The Kier molecular flexibility index (Phi) is 8.41. The van der Waals surface area contributed by atoms with Gasteiger partial charge in [0.1, 0.15) is 65.2 Å². The zero-order chi connectivity index (χ0) is 31.3. The molecule has 1 aromatic heterocycles. The van der Waals surface area contributed by atoms with Gasteiger partial charge in [0.25, 0.3) is 0 Å². The van der Waals surface area contributed by atoms with Crippen LogP contribution in [0.4, 0.5) is 0 Å². The highest BCUT2D eigenvalue weighted by Gasteiger charge is 2.47. The first-order valence-electron chi connectivity index (χ1n) is 13.0. The van der Waals surface area contributed by atoms with Gasteiger partial charge in [-0.2, -0.15) is 0 Å². The number of fused-ring (bicyclic) bond motifs is 1. The number of aromatic hydroxyl groups is 4. The van der Waals surface area contributed by atoms with E-state index in [0.29, 0.717) is 0 Å². The largest absolute Gasteiger partial charge is 0.508 e. The molecule has 4 unspecified atom stereocenters. The van der Waals surface area contributed by atoms with Crippen molar-refractivity contribution in [3.8, 4) is 40.1 Å². The molecular formula is C27H30O16. The maximum absolute atomic E-state index is 13.6. The molecule has 10 atom stereocenters. The third kappa shape index (κ3) is 5.67. The number of benzene rings is 2. The summed E-state index contributed by atoms with van der Waals surface area (Å²) in [7, 11) is 0. The van der Waals surface area contributed by atoms with Gasteiger partial charge in [0.15, 0.2) is 23.5 Å². The summed E-state index contributed by atoms with van der Waals surface area (Å²) >= 11 is 0. The van der Waals surface area contributed by atoms with E-state index in [2.05, 4.69) is 0 Å². The summed E-state index contributed by atoms with van der Waals surface area (Å²) in [5.41, 5.74) is -1.35. The number of phenols is 4. The molecule has 3 aromatic rings. The molecule has 0 aliphatic carbocycles. The Morgan fingerprint density at radius 3 is 2.12 bits per heavy atom. The van der Waals surface area contributed by atoms with Gasteiger partial charge in [0.05, 0.1) is 12.7 Å². The van der Waals surface area contributed by atoms with Crippen molar-refractivity contribution in [2.24, 2.45) is 0 Å². The fourth-order valence-corrected chi connectivity index (χ4v) is 4.84. The SMILES string of the molecule is CC1OC(OCC2O[C@@H](Oc3c(-c4ccc(O)c(O)c4)oc4cc(O)cc(O)c4c3=O)C(O)[C@H](O)[C@@H]2O)[C@@H](O)[C@@H](O)[C@H]1O. The first-order valence-corrected chi connectivity index (χ1v) is 13.0. The van der Waals surface area contributed by atoms with Crippen LogP contribution in [-0.2, 0) is 14.2 Å². The van der Waals surface area contributed by atoms with E-state index in [1.807, 2.05) is 0 Å². The predicted molar refractivity (Wildman–Crippen MR) is 140 cm³/mol. The van der Waals surface area contributed by atoms with Gasteiger partial charge in [-0.3, -0.25) is 4.79 Å². The van der Waals surface area contributed by atoms with Crippen molar-refractivity contribution in [3.05, 3.63) is 40.6 Å². The van der Waals surface area contributed by atoms with Gasteiger partial charge in [-0.1, -0.05) is 0 Å². The normalized spacial score (nSPS) is 33.0. The second kappa shape index (κ2) is 11.8. The minimum atomic E-state index is -1.97. The fraction of sp³-hybridized carbons (Fsp3) is 0.444. The van der Waals surface area contributed by atoms with E-state index < -0.39 is 113 Å². The van der Waals surface area contributed by atoms with E-state index >= 15 is 0 Å². The van der Waals surface area contributed by atoms with Crippen LogP contribution in [0.5, 0.6) is 28.7 Å². The third-order valence-electron chi connectivity index (χ3n) is 7.29. The molecular weight excluding hydrogens is 580 g/mol. The van der Waals surface area contributed by atoms with Crippen LogP contribution in [0.2, 0.25) is 0 Å². The molecule has 2 aromatic carbocycles. The molecule has 16 nitrogen and oxygen atoms in total. The maximum Gasteiger partial charge on any atom is 0.239 e. The van der Waals surface area contributed by atoms with Crippen molar-refractivity contribution in [3.63, 3.8) is 0 Å². The van der Waals surface area contributed by atoms with Crippen LogP contribution in [-0.4, -0.2) is 119 Å². The number of phenolic OH excluding ortho intramolecular Hbond substituents is 4. The predicted octanol–water partition coefficient (Wildman–Crippen LogP) is -1.69. The van der Waals surface area contributed by atoms with Gasteiger partial charge in [-0.05, 0) is 25.1 Å². The van der Waals surface area contributed by atoms with E-state index in [1.54, 1.807) is 0 Å². The lowest BCUT2D eigenvalue weighted by Gasteiger charge is -2.42. The summed E-state index contributed by atoms with van der Waals surface area (Å²) in [6.07, 6.45) is -16.2. The number of aliphatic hydroxyl groups is 6. The fourth-order valence-electron chi connectivity index (χ4n) is 4.84. The molecule has 3 heterocycles. The first kappa shape index (κ1) is 30.7. The number of rotatable bonds is 6. The summed E-state index contributed by atoms with van der Waals surface area (Å²) < 4.78 is 27.8. The molecule has 234 valence electrons. The van der Waals surface area contributed by atoms with Crippen LogP contribution in [0.3, 0.4) is 0 Å². The summed E-state index contributed by atoms with van der Waals surface area (Å²) in [5.74, 6) is -3.33. The molecule has 0 spiro atoms. The molecule has 10 N–H and O–H groups in total. The van der Waals surface area contributed by atoms with E-state index in [1.165, 1.54) is 13.0 Å². The lowest BCUT2D eigenvalue weighted by Crippen LogP contribution is -2.61. The molecule has 5 rings (SSSR count). The van der Waals surface area contributed by atoms with Crippen LogP contribution >= 0.6 is 0 Å². The molecule has 0 bridgehead atoms. The van der Waals surface area contributed by atoms with Gasteiger partial charge in [-0.15, -0.1) is 0 Å². The van der Waals surface area contributed by atoms with Crippen LogP contribution in [0.25, 0.3) is 22.3 Å². The number of ether oxygens (including phenoxy) is 4. The first-order chi connectivity index (χ1) is 20.3. The topological polar surface area (TPSA) is 269 Å². The Labute approximate surface area is 241 Å². The quantitative estimate of drug-likeness (QED) is 0.140. The Bertz CT molecular complexity index is 1540. The van der Waals surface area contributed by atoms with E-state index in [4.69, 9.17) is 23.4 Å². The van der Waals surface area contributed by atoms with Crippen molar-refractivity contribution < 1.29 is 74.4 Å². The Balaban J connectivity index is 1.48. The van der Waals surface area contributed by atoms with Crippen molar-refractivity contribution in [1.29, 1.82) is 0 Å². The number of hydrogen-bond donors (Lipinski definition) is 10. The van der Waals surface area contributed by atoms with Crippen LogP contribution in [0.1, 0.15) is 6.92 Å². The highest BCUT2D eigenvalue weighted by atomic mass is 16.7.